The highest BCUT2D eigenvalue weighted by Gasteiger charge is 2.25. The van der Waals surface area contributed by atoms with E-state index in [2.05, 4.69) is 20.4 Å². The molecule has 0 radical (unpaired) electrons. The third kappa shape index (κ3) is 5.19. The maximum atomic E-state index is 12.5. The standard InChI is InChI=1S/C15H14N4O5.C2H4O2/c1-7(11-5-9(15(22)23)19-24-11)4-10(20)13-8-2-3-12(21)18-14(8)17-6-16-13;1-2(3)4/h5-7H,2-4H2,1H3,(H,22,23)(H,16,17,18,21);1H3,(H,3,4)/t7-;/m0./s1. The van der Waals surface area contributed by atoms with Crippen molar-refractivity contribution in [3.8, 4) is 0 Å². The van der Waals surface area contributed by atoms with Crippen molar-refractivity contribution < 1.29 is 33.9 Å². The maximum absolute atomic E-state index is 12.5. The van der Waals surface area contributed by atoms with Gasteiger partial charge in [0.15, 0.2) is 11.5 Å². The van der Waals surface area contributed by atoms with Gasteiger partial charge in [-0.05, 0) is 6.42 Å². The molecule has 2 aromatic rings. The fourth-order valence-corrected chi connectivity index (χ4v) is 2.53. The van der Waals surface area contributed by atoms with Crippen LogP contribution in [0.3, 0.4) is 0 Å². The lowest BCUT2D eigenvalue weighted by atomic mass is 9.95. The van der Waals surface area contributed by atoms with Gasteiger partial charge in [0.1, 0.15) is 23.6 Å². The fraction of sp³-hybridized carbons (Fsp3) is 0.353. The van der Waals surface area contributed by atoms with E-state index in [1.807, 2.05) is 0 Å². The molecule has 0 saturated heterocycles. The highest BCUT2D eigenvalue weighted by molar-refractivity contribution is 6.00. The Morgan fingerprint density at radius 3 is 2.54 bits per heavy atom. The number of nitrogens with one attached hydrogen (secondary N) is 1. The topological polar surface area (TPSA) is 173 Å². The van der Waals surface area contributed by atoms with E-state index in [9.17, 15) is 14.4 Å². The molecule has 3 heterocycles. The summed E-state index contributed by atoms with van der Waals surface area (Å²) in [6.07, 6.45) is 1.99. The molecule has 1 atom stereocenters. The number of carboxylic acid groups (broad SMARTS) is 2. The molecule has 0 spiro atoms. The van der Waals surface area contributed by atoms with Gasteiger partial charge in [-0.3, -0.25) is 14.4 Å². The zero-order valence-corrected chi connectivity index (χ0v) is 15.1. The molecule has 0 saturated carbocycles. The molecular formula is C17H18N4O7. The summed E-state index contributed by atoms with van der Waals surface area (Å²) in [5, 5.41) is 22.3. The highest BCUT2D eigenvalue weighted by atomic mass is 16.5. The average molecular weight is 390 g/mol. The third-order valence-corrected chi connectivity index (χ3v) is 3.79. The van der Waals surface area contributed by atoms with Crippen LogP contribution < -0.4 is 5.32 Å². The summed E-state index contributed by atoms with van der Waals surface area (Å²) in [4.78, 5) is 51.8. The second-order valence-electron chi connectivity index (χ2n) is 6.06. The molecule has 1 aliphatic heterocycles. The van der Waals surface area contributed by atoms with Crippen molar-refractivity contribution in [2.45, 2.75) is 39.0 Å². The van der Waals surface area contributed by atoms with E-state index in [1.54, 1.807) is 6.92 Å². The minimum absolute atomic E-state index is 0.0751. The lowest BCUT2D eigenvalue weighted by molar-refractivity contribution is -0.134. The molecule has 11 heteroatoms. The molecular weight excluding hydrogens is 372 g/mol. The van der Waals surface area contributed by atoms with Crippen molar-refractivity contribution >= 4 is 29.4 Å². The molecule has 0 aromatic carbocycles. The molecule has 0 aliphatic carbocycles. The summed E-state index contributed by atoms with van der Waals surface area (Å²) in [6, 6.07) is 1.30. The summed E-state index contributed by atoms with van der Waals surface area (Å²) in [6.45, 7) is 2.82. The smallest absolute Gasteiger partial charge is 0.358 e. The summed E-state index contributed by atoms with van der Waals surface area (Å²) in [7, 11) is 0. The van der Waals surface area contributed by atoms with Gasteiger partial charge < -0.3 is 20.1 Å². The largest absolute Gasteiger partial charge is 0.481 e. The zero-order valence-electron chi connectivity index (χ0n) is 15.1. The number of aromatic carboxylic acids is 1. The van der Waals surface area contributed by atoms with Crippen LogP contribution in [0.2, 0.25) is 0 Å². The van der Waals surface area contributed by atoms with Gasteiger partial charge in [-0.15, -0.1) is 0 Å². The highest BCUT2D eigenvalue weighted by Crippen LogP contribution is 2.26. The molecule has 2 aromatic heterocycles. The van der Waals surface area contributed by atoms with E-state index in [1.165, 1.54) is 12.4 Å². The lowest BCUT2D eigenvalue weighted by Crippen LogP contribution is -2.23. The van der Waals surface area contributed by atoms with Crippen molar-refractivity contribution in [3.63, 3.8) is 0 Å². The molecule has 11 nitrogen and oxygen atoms in total. The monoisotopic (exact) mass is 390 g/mol. The van der Waals surface area contributed by atoms with Crippen LogP contribution >= 0.6 is 0 Å². The molecule has 0 fully saturated rings. The van der Waals surface area contributed by atoms with Crippen LogP contribution in [0.25, 0.3) is 0 Å². The molecule has 3 rings (SSSR count). The number of aromatic nitrogens is 3. The fourth-order valence-electron chi connectivity index (χ4n) is 2.53. The number of hydrogen-bond acceptors (Lipinski definition) is 8. The van der Waals surface area contributed by atoms with E-state index >= 15 is 0 Å². The van der Waals surface area contributed by atoms with Crippen LogP contribution in [0.15, 0.2) is 16.9 Å². The van der Waals surface area contributed by atoms with Gasteiger partial charge in [-0.1, -0.05) is 12.1 Å². The SMILES string of the molecule is CC(=O)O.C[C@@H](CC(=O)c1ncnc2c1CCC(=O)N2)c1cc(C(=O)O)no1. The molecule has 1 aliphatic rings. The summed E-state index contributed by atoms with van der Waals surface area (Å²) in [5.41, 5.74) is 0.689. The molecule has 0 bridgehead atoms. The van der Waals surface area contributed by atoms with Crippen LogP contribution in [0.4, 0.5) is 5.82 Å². The molecule has 3 N–H and O–H groups in total. The predicted octanol–water partition coefficient (Wildman–Crippen LogP) is 1.51. The van der Waals surface area contributed by atoms with Crippen molar-refractivity contribution in [2.75, 3.05) is 5.32 Å². The van der Waals surface area contributed by atoms with Gasteiger partial charge in [0, 0.05) is 37.3 Å². The summed E-state index contributed by atoms with van der Waals surface area (Å²) < 4.78 is 4.98. The average Bonchev–Trinajstić information content (AvgIpc) is 3.11. The first kappa shape index (κ1) is 20.7. The first-order valence-corrected chi connectivity index (χ1v) is 8.25. The number of carboxylic acids is 2. The normalized spacial score (nSPS) is 13.4. The molecule has 148 valence electrons. The summed E-state index contributed by atoms with van der Waals surface area (Å²) >= 11 is 0. The Labute approximate surface area is 158 Å². The zero-order chi connectivity index (χ0) is 20.8. The Balaban J connectivity index is 0.000000640. The third-order valence-electron chi connectivity index (χ3n) is 3.79. The Kier molecular flexibility index (Phi) is 6.53. The number of aliphatic carboxylic acids is 1. The van der Waals surface area contributed by atoms with E-state index < -0.39 is 11.9 Å². The summed E-state index contributed by atoms with van der Waals surface area (Å²) in [5.74, 6) is -2.07. The van der Waals surface area contributed by atoms with Crippen LogP contribution in [-0.4, -0.2) is 49.0 Å². The number of Topliss-reactive ketones (excluding diaryl/α,β-unsaturated/α-hetero) is 1. The Bertz CT molecular complexity index is 918. The number of nitrogens with zero attached hydrogens (tertiary/aromatic N) is 3. The van der Waals surface area contributed by atoms with E-state index in [-0.39, 0.29) is 41.8 Å². The number of fused-ring (bicyclic) bond motifs is 1. The minimum Gasteiger partial charge on any atom is -0.481 e. The van der Waals surface area contributed by atoms with Crippen molar-refractivity contribution in [1.29, 1.82) is 0 Å². The quantitative estimate of drug-likeness (QED) is 0.635. The van der Waals surface area contributed by atoms with E-state index in [4.69, 9.17) is 19.5 Å². The lowest BCUT2D eigenvalue weighted by Gasteiger charge is -2.17. The van der Waals surface area contributed by atoms with E-state index in [0.29, 0.717) is 23.6 Å². The van der Waals surface area contributed by atoms with Crippen molar-refractivity contribution in [3.05, 3.63) is 35.1 Å². The van der Waals surface area contributed by atoms with Crippen molar-refractivity contribution in [2.24, 2.45) is 0 Å². The number of hydrogen-bond donors (Lipinski definition) is 3. The van der Waals surface area contributed by atoms with Gasteiger partial charge in [-0.25, -0.2) is 14.8 Å². The van der Waals surface area contributed by atoms with Gasteiger partial charge in [0.05, 0.1) is 0 Å². The van der Waals surface area contributed by atoms with Gasteiger partial charge in [-0.2, -0.15) is 0 Å². The first-order chi connectivity index (χ1) is 13.2. The van der Waals surface area contributed by atoms with Crippen LogP contribution in [-0.2, 0) is 16.0 Å². The van der Waals surface area contributed by atoms with Crippen molar-refractivity contribution in [1.82, 2.24) is 15.1 Å². The van der Waals surface area contributed by atoms with Crippen LogP contribution in [0.5, 0.6) is 0 Å². The Morgan fingerprint density at radius 2 is 1.93 bits per heavy atom. The molecule has 28 heavy (non-hydrogen) atoms. The second kappa shape index (κ2) is 8.84. The number of rotatable bonds is 5. The molecule has 0 unspecified atom stereocenters. The van der Waals surface area contributed by atoms with E-state index in [0.717, 1.165) is 6.92 Å². The number of carbonyl (C=O) groups is 4. The number of amides is 1. The Hall–Kier alpha value is -3.63. The molecule has 1 amide bonds. The maximum Gasteiger partial charge on any atom is 0.358 e. The van der Waals surface area contributed by atoms with Gasteiger partial charge in [0.2, 0.25) is 5.91 Å². The van der Waals surface area contributed by atoms with Gasteiger partial charge in [0.25, 0.3) is 5.97 Å². The first-order valence-electron chi connectivity index (χ1n) is 8.25. The minimum atomic E-state index is -1.19. The number of carbonyl (C=O) groups excluding carboxylic acids is 2. The van der Waals surface area contributed by atoms with Gasteiger partial charge >= 0.3 is 5.97 Å². The predicted molar refractivity (Wildman–Crippen MR) is 93.1 cm³/mol. The number of anilines is 1. The number of ketones is 1. The second-order valence-corrected chi connectivity index (χ2v) is 6.06. The van der Waals surface area contributed by atoms with Crippen LogP contribution in [0, 0.1) is 0 Å². The Morgan fingerprint density at radius 1 is 1.25 bits per heavy atom. The van der Waals surface area contributed by atoms with Crippen LogP contribution in [0.1, 0.15) is 64.9 Å².